The van der Waals surface area contributed by atoms with Crippen LogP contribution in [0.1, 0.15) is 45.2 Å². The van der Waals surface area contributed by atoms with Crippen molar-refractivity contribution in [3.05, 3.63) is 63.8 Å². The van der Waals surface area contributed by atoms with Gasteiger partial charge in [-0.25, -0.2) is 18.0 Å². The van der Waals surface area contributed by atoms with Gasteiger partial charge in [-0.15, -0.1) is 0 Å². The molecule has 2 aromatic carbocycles. The van der Waals surface area contributed by atoms with E-state index >= 15 is 0 Å². The van der Waals surface area contributed by atoms with E-state index in [9.17, 15) is 26.7 Å². The van der Waals surface area contributed by atoms with Crippen LogP contribution in [0.4, 0.5) is 22.0 Å². The summed E-state index contributed by atoms with van der Waals surface area (Å²) in [5, 5.41) is 0. The quantitative estimate of drug-likeness (QED) is 0.326. The molecule has 2 aliphatic rings. The Hall–Kier alpha value is -2.88. The van der Waals surface area contributed by atoms with E-state index in [1.165, 1.54) is 0 Å². The molecule has 3 aromatic rings. The molecule has 4 atom stereocenters. The van der Waals surface area contributed by atoms with Gasteiger partial charge in [0.25, 0.3) is 0 Å². The number of imidazole rings is 1. The molecule has 2 fully saturated rings. The summed E-state index contributed by atoms with van der Waals surface area (Å²) in [6, 6.07) is 7.30. The minimum Gasteiger partial charge on any atom is -0.484 e. The van der Waals surface area contributed by atoms with Gasteiger partial charge >= 0.3 is 5.69 Å². The van der Waals surface area contributed by atoms with Crippen molar-refractivity contribution in [3.8, 4) is 5.75 Å². The number of hydrogen-bond donors (Lipinski definition) is 1. The van der Waals surface area contributed by atoms with Crippen LogP contribution < -0.4 is 10.4 Å². The van der Waals surface area contributed by atoms with E-state index in [-0.39, 0.29) is 23.9 Å². The number of nitrogens with zero attached hydrogens (tertiary/aromatic N) is 2. The molecule has 0 aliphatic carbocycles. The zero-order chi connectivity index (χ0) is 23.4. The largest absolute Gasteiger partial charge is 0.484 e. The molecule has 0 saturated carbocycles. The second kappa shape index (κ2) is 8.16. The molecule has 3 heterocycles. The highest BCUT2D eigenvalue weighted by Gasteiger charge is 2.46. The van der Waals surface area contributed by atoms with Gasteiger partial charge in [-0.1, -0.05) is 19.1 Å². The number of nitrogens with one attached hydrogen (secondary N) is 1. The molecular formula is C23H22F5N3O2. The number of para-hydroxylation sites is 2. The van der Waals surface area contributed by atoms with Crippen LogP contribution in [-0.4, -0.2) is 32.6 Å². The molecule has 5 nitrogen and oxygen atoms in total. The van der Waals surface area contributed by atoms with Crippen molar-refractivity contribution in [2.24, 2.45) is 0 Å². The maximum absolute atomic E-state index is 14.1. The molecule has 0 amide bonds. The standard InChI is InChI=1S/C23H22F5N3O2/c1-2-16(31-15-6-4-3-5-14(15)29-23(31)32)30-11-7-8-12(30)10-13(9-11)33-22-20(27)18(25)17(24)19(26)21(22)28/h3-6,11-13,16H,2,7-10H2,1H3,(H,29,32)/t11-,12+,13-,16?. The summed E-state index contributed by atoms with van der Waals surface area (Å²) in [5.41, 5.74) is 1.30. The first kappa shape index (κ1) is 21.9. The zero-order valence-corrected chi connectivity index (χ0v) is 17.8. The Labute approximate surface area is 185 Å². The predicted molar refractivity (Wildman–Crippen MR) is 110 cm³/mol. The van der Waals surface area contributed by atoms with Gasteiger partial charge in [-0.05, 0) is 44.2 Å². The van der Waals surface area contributed by atoms with E-state index < -0.39 is 40.9 Å². The molecule has 1 aromatic heterocycles. The Morgan fingerprint density at radius 3 is 2.15 bits per heavy atom. The van der Waals surface area contributed by atoms with Gasteiger partial charge in [0.2, 0.25) is 29.1 Å². The topological polar surface area (TPSA) is 50.3 Å². The van der Waals surface area contributed by atoms with Crippen LogP contribution in [0, 0.1) is 29.1 Å². The molecule has 0 radical (unpaired) electrons. The molecular weight excluding hydrogens is 445 g/mol. The zero-order valence-electron chi connectivity index (χ0n) is 17.8. The van der Waals surface area contributed by atoms with Crippen LogP contribution in [0.25, 0.3) is 11.0 Å². The van der Waals surface area contributed by atoms with E-state index in [1.807, 2.05) is 31.2 Å². The van der Waals surface area contributed by atoms with Crippen LogP contribution in [0.2, 0.25) is 0 Å². The fraction of sp³-hybridized carbons (Fsp3) is 0.435. The first-order valence-electron chi connectivity index (χ1n) is 11.0. The van der Waals surface area contributed by atoms with Crippen molar-refractivity contribution in [3.63, 3.8) is 0 Å². The Balaban J connectivity index is 1.42. The van der Waals surface area contributed by atoms with Gasteiger partial charge in [0.1, 0.15) is 6.10 Å². The molecule has 2 bridgehead atoms. The fourth-order valence-corrected chi connectivity index (χ4v) is 5.50. The predicted octanol–water partition coefficient (Wildman–Crippen LogP) is 5.01. The number of fused-ring (bicyclic) bond motifs is 3. The number of halogens is 5. The van der Waals surface area contributed by atoms with Gasteiger partial charge in [0, 0.05) is 12.1 Å². The number of rotatable bonds is 5. The first-order chi connectivity index (χ1) is 15.8. The molecule has 1 unspecified atom stereocenters. The van der Waals surface area contributed by atoms with Crippen LogP contribution in [-0.2, 0) is 0 Å². The third kappa shape index (κ3) is 3.42. The van der Waals surface area contributed by atoms with Crippen molar-refractivity contribution in [2.75, 3.05) is 0 Å². The summed E-state index contributed by atoms with van der Waals surface area (Å²) < 4.78 is 75.8. The second-order valence-electron chi connectivity index (χ2n) is 8.65. The third-order valence-corrected chi connectivity index (χ3v) is 6.83. The minimum absolute atomic E-state index is 0.0551. The van der Waals surface area contributed by atoms with Crippen LogP contribution in [0.15, 0.2) is 29.1 Å². The van der Waals surface area contributed by atoms with Crippen LogP contribution >= 0.6 is 0 Å². The summed E-state index contributed by atoms with van der Waals surface area (Å²) in [6.07, 6.45) is 1.99. The SMILES string of the molecule is CCC(N1[C@@H]2CC[C@H]1C[C@H](Oc1c(F)c(F)c(F)c(F)c1F)C2)n1c(=O)[nH]c2ccccc21. The van der Waals surface area contributed by atoms with E-state index in [4.69, 9.17) is 4.74 Å². The highest BCUT2D eigenvalue weighted by atomic mass is 19.2. The summed E-state index contributed by atoms with van der Waals surface area (Å²) in [7, 11) is 0. The van der Waals surface area contributed by atoms with Crippen molar-refractivity contribution in [1.29, 1.82) is 0 Å². The lowest BCUT2D eigenvalue weighted by Crippen LogP contribution is -2.50. The third-order valence-electron chi connectivity index (χ3n) is 6.83. The Kier molecular flexibility index (Phi) is 5.43. The minimum atomic E-state index is -2.21. The number of benzene rings is 2. The highest BCUT2D eigenvalue weighted by molar-refractivity contribution is 5.75. The molecule has 1 N–H and O–H groups in total. The molecule has 176 valence electrons. The number of ether oxygens (including phenoxy) is 1. The Morgan fingerprint density at radius 2 is 1.55 bits per heavy atom. The van der Waals surface area contributed by atoms with E-state index in [2.05, 4.69) is 9.88 Å². The summed E-state index contributed by atoms with van der Waals surface area (Å²) in [5.74, 6) is -11.4. The van der Waals surface area contributed by atoms with Crippen molar-refractivity contribution in [1.82, 2.24) is 14.5 Å². The van der Waals surface area contributed by atoms with Gasteiger partial charge in [0.05, 0.1) is 17.2 Å². The molecule has 2 saturated heterocycles. The number of aromatic amines is 1. The first-order valence-corrected chi connectivity index (χ1v) is 11.0. The van der Waals surface area contributed by atoms with Crippen molar-refractivity contribution in [2.45, 2.75) is 63.4 Å². The average molecular weight is 467 g/mol. The highest BCUT2D eigenvalue weighted by Crippen LogP contribution is 2.43. The lowest BCUT2D eigenvalue weighted by molar-refractivity contribution is -0.00608. The smallest absolute Gasteiger partial charge is 0.327 e. The van der Waals surface area contributed by atoms with Gasteiger partial charge in [-0.3, -0.25) is 9.47 Å². The number of hydrogen-bond acceptors (Lipinski definition) is 3. The molecule has 33 heavy (non-hydrogen) atoms. The molecule has 0 spiro atoms. The normalized spacial score (nSPS) is 23.9. The molecule has 2 aliphatic heterocycles. The second-order valence-corrected chi connectivity index (χ2v) is 8.65. The molecule has 10 heteroatoms. The van der Waals surface area contributed by atoms with E-state index in [0.29, 0.717) is 19.3 Å². The van der Waals surface area contributed by atoms with Crippen LogP contribution in [0.3, 0.4) is 0 Å². The Morgan fingerprint density at radius 1 is 0.970 bits per heavy atom. The van der Waals surface area contributed by atoms with E-state index in [1.54, 1.807) is 4.57 Å². The molecule has 5 rings (SSSR count). The lowest BCUT2D eigenvalue weighted by atomic mass is 9.98. The van der Waals surface area contributed by atoms with Gasteiger partial charge in [0.15, 0.2) is 5.75 Å². The lowest BCUT2D eigenvalue weighted by Gasteiger charge is -2.43. The monoisotopic (exact) mass is 467 g/mol. The van der Waals surface area contributed by atoms with Crippen LogP contribution in [0.5, 0.6) is 5.75 Å². The fourth-order valence-electron chi connectivity index (χ4n) is 5.50. The van der Waals surface area contributed by atoms with Gasteiger partial charge < -0.3 is 9.72 Å². The summed E-state index contributed by atoms with van der Waals surface area (Å²) >= 11 is 0. The number of piperidine rings is 1. The maximum Gasteiger partial charge on any atom is 0.327 e. The average Bonchev–Trinajstić information content (AvgIpc) is 3.27. The Bertz CT molecular complexity index is 1230. The number of aromatic nitrogens is 2. The van der Waals surface area contributed by atoms with E-state index in [0.717, 1.165) is 23.9 Å². The van der Waals surface area contributed by atoms with Crippen molar-refractivity contribution >= 4 is 11.0 Å². The maximum atomic E-state index is 14.1. The van der Waals surface area contributed by atoms with Crippen molar-refractivity contribution < 1.29 is 26.7 Å². The van der Waals surface area contributed by atoms with Gasteiger partial charge in [-0.2, -0.15) is 8.78 Å². The number of H-pyrrole nitrogens is 1. The summed E-state index contributed by atoms with van der Waals surface area (Å²) in [6.45, 7) is 1.98. The summed E-state index contributed by atoms with van der Waals surface area (Å²) in [4.78, 5) is 17.9.